The zero-order chi connectivity index (χ0) is 103. The van der Waals surface area contributed by atoms with Crippen molar-refractivity contribution < 1.29 is 59.5 Å². The molecule has 10 atom stereocenters. The summed E-state index contributed by atoms with van der Waals surface area (Å²) in [6.07, 6.45) is 22.1. The number of rotatable bonds is 26. The van der Waals surface area contributed by atoms with Crippen LogP contribution in [0.1, 0.15) is 113 Å². The Balaban J connectivity index is 0.000000165. The summed E-state index contributed by atoms with van der Waals surface area (Å²) >= 11 is 9.35. The molecule has 3 aliphatic carbocycles. The number of pyridine rings is 3. The van der Waals surface area contributed by atoms with Gasteiger partial charge in [0.05, 0.1) is 86.2 Å². The molecule has 9 aliphatic rings. The van der Waals surface area contributed by atoms with Crippen LogP contribution in [0.4, 0.5) is 30.1 Å². The zero-order valence-corrected chi connectivity index (χ0v) is 93.6. The quantitative estimate of drug-likeness (QED) is 0.0366. The number of aromatic nitrogens is 3. The number of benzene rings is 6. The number of nitriles is 3. The molecule has 9 fully saturated rings. The van der Waals surface area contributed by atoms with Crippen LogP contribution in [0.3, 0.4) is 0 Å². The van der Waals surface area contributed by atoms with Crippen molar-refractivity contribution in [1.29, 1.82) is 15.8 Å². The first kappa shape index (κ1) is 115. The molecule has 6 aromatic carbocycles. The Morgan fingerprint density at radius 1 is 0.408 bits per heavy atom. The Kier molecular flexibility index (Phi) is 44.4. The third-order valence-electron chi connectivity index (χ3n) is 30.2. The van der Waals surface area contributed by atoms with Gasteiger partial charge < -0.3 is 65.5 Å². The number of likely N-dealkylation sites (tertiary alicyclic amines) is 3. The van der Waals surface area contributed by atoms with Gasteiger partial charge in [0.2, 0.25) is 19.7 Å². The number of anilines is 2. The number of alkyl carbamates (subject to hydrolysis) is 3. The van der Waals surface area contributed by atoms with E-state index >= 15 is 0 Å². The summed E-state index contributed by atoms with van der Waals surface area (Å²) in [5.74, 6) is 2.41. The highest BCUT2D eigenvalue weighted by molar-refractivity contribution is 8.74. The van der Waals surface area contributed by atoms with E-state index in [2.05, 4.69) is 138 Å². The van der Waals surface area contributed by atoms with Crippen molar-refractivity contribution in [2.24, 2.45) is 53.3 Å². The molecule has 6 unspecified atom stereocenters. The first-order valence-corrected chi connectivity index (χ1v) is 66.6. The van der Waals surface area contributed by atoms with Gasteiger partial charge in [0.25, 0.3) is 0 Å². The van der Waals surface area contributed by atoms with E-state index in [0.717, 1.165) is 222 Å². The van der Waals surface area contributed by atoms with Crippen LogP contribution in [0.5, 0.6) is 0 Å². The van der Waals surface area contributed by atoms with E-state index in [1.54, 1.807) is 111 Å². The zero-order valence-electron chi connectivity index (χ0n) is 82.2. The standard InChI is InChI=1S/2C35H41N5O4S.C24H34N4O2.C11H8FNOS.H2O.S11/c2*1-44-34(41)38-33-9-5-8-32(33)35(25-36,27-6-3-2-4-7-27)28-16-20-39(21-17-28)22-26-23-40(24-26)29-10-12-30(13-11-29)45(42,43)31-14-18-37-19-15-31;1-30-23(29)27-22-9-5-8-21(22)24(17-25,19-6-3-2-4-7-19)20-10-12-28(13-11-20)16-18-14-26-15-18;12-9-1-3-10(4-2-9)15(14)11-5-7-13-8-6-11;;1-3-5-7-9-11-10-8-6-4-2/h2*2-4,6-7,10-15,18-19,26,28,32-33H,5,8-9,16-17,20-24H2,1H3,(H,38,41);2-4,6-7,18,20-22,26H,5,8-16H2,1H3,(H,27,29);1-8H;1H2;/t2*32-,33-,35?;;;;/m10..../s1. The third-order valence-corrected chi connectivity index (χ3v) is 52.9. The second-order valence-electron chi connectivity index (χ2n) is 38.0. The smallest absolute Gasteiger partial charge is 0.407 e. The van der Waals surface area contributed by atoms with E-state index in [1.807, 2.05) is 78.9 Å². The molecule has 784 valence electrons. The first-order chi connectivity index (χ1) is 71.0. The number of piperidine rings is 3. The van der Waals surface area contributed by atoms with Gasteiger partial charge in [-0.15, -0.1) is 0 Å². The van der Waals surface area contributed by atoms with Gasteiger partial charge in [-0.3, -0.25) is 15.0 Å². The molecule has 18 rings (SSSR count). The molecule has 9 heterocycles. The normalized spacial score (nSPS) is 21.3. The van der Waals surface area contributed by atoms with Crippen molar-refractivity contribution in [3.63, 3.8) is 0 Å². The largest absolute Gasteiger partial charge is 0.453 e. The second-order valence-corrected chi connectivity index (χ2v) is 59.4. The fraction of sp³-hybridized carbons (Fsp3) is 0.457. The number of sulfone groups is 2. The molecule has 3 amide bonds. The van der Waals surface area contributed by atoms with E-state index in [1.165, 1.54) is 119 Å². The fourth-order valence-electron chi connectivity index (χ4n) is 23.1. The van der Waals surface area contributed by atoms with Gasteiger partial charge in [-0.2, -0.15) is 15.8 Å². The topological polar surface area (TPSA) is 370 Å². The van der Waals surface area contributed by atoms with Gasteiger partial charge >= 0.3 is 18.3 Å². The highest BCUT2D eigenvalue weighted by Gasteiger charge is 2.56. The van der Waals surface area contributed by atoms with Gasteiger partial charge in [-0.1, -0.05) is 110 Å². The van der Waals surface area contributed by atoms with Crippen molar-refractivity contribution in [1.82, 2.24) is 50.9 Å². The summed E-state index contributed by atoms with van der Waals surface area (Å²) < 4.78 is 91.0. The summed E-state index contributed by atoms with van der Waals surface area (Å²) in [6, 6.07) is 68.4. The number of amides is 3. The minimum atomic E-state index is -3.56. The van der Waals surface area contributed by atoms with Crippen molar-refractivity contribution in [2.45, 2.75) is 160 Å². The number of carbonyl (C=O) groups is 3. The fourth-order valence-corrected chi connectivity index (χ4v) is 45.8. The molecule has 27 nitrogen and oxygen atoms in total. The molecular weight excluding hydrogens is 2130 g/mol. The van der Waals surface area contributed by atoms with Gasteiger partial charge in [0, 0.05) is 267 Å². The number of nitrogens with zero attached hydrogens (tertiary/aromatic N) is 11. The molecule has 6 N–H and O–H groups in total. The van der Waals surface area contributed by atoms with Gasteiger partial charge in [-0.05, 0) is 266 Å². The number of methoxy groups -OCH3 is 3. The third kappa shape index (κ3) is 29.2. The SMILES string of the molecule is COC(=O)NC1CCCC1C(C#N)(c1ccccc1)C1CCN(CC2CNC2)CC1.COC(=O)N[C@@H]1CCC[C@H]1C(C#N)(c1ccccc1)C1CCN(CC2CN(c3ccc(S(=O)(=O)c4ccncc4)cc3)C2)CC1.COC(=O)N[C@H]1CCC[C@@H]1C(C#N)(c1ccccc1)C1CCN(CC2CN(c3ccc(S(=O)(=O)c4ccncc4)cc3)C2)CC1.O.O=S(c1ccncc1)c1ccc(F)cc1.S=S=S=S=S=S=S=S=S=S=S. The van der Waals surface area contributed by atoms with Crippen LogP contribution < -0.4 is 31.1 Å². The Bertz CT molecular complexity index is 6380. The Morgan fingerprint density at radius 3 is 0.980 bits per heavy atom. The lowest BCUT2D eigenvalue weighted by molar-refractivity contribution is 0.0906. The maximum Gasteiger partial charge on any atom is 0.407 e. The van der Waals surface area contributed by atoms with Crippen LogP contribution in [0, 0.1) is 93.1 Å². The number of nitrogens with one attached hydrogen (secondary N) is 4. The number of hydrogen-bond acceptors (Lipinski definition) is 25. The van der Waals surface area contributed by atoms with Crippen LogP contribution in [-0.2, 0) is 163 Å². The molecular formula is C105H126FN15O12S14. The monoisotopic (exact) mass is 2260 g/mol. The summed E-state index contributed by atoms with van der Waals surface area (Å²) in [4.78, 5) is 62.6. The number of hydrogen-bond donors (Lipinski definition) is 4. The molecule has 9 aromatic rings. The Hall–Kier alpha value is -9.15. The van der Waals surface area contributed by atoms with Gasteiger partial charge in [-0.25, -0.2) is 39.8 Å². The predicted molar refractivity (Wildman–Crippen MR) is 599 cm³/mol. The van der Waals surface area contributed by atoms with E-state index in [4.69, 9.17) is 14.2 Å². The lowest BCUT2D eigenvalue weighted by atomic mass is 9.59. The van der Waals surface area contributed by atoms with Crippen molar-refractivity contribution in [3.8, 4) is 18.2 Å². The van der Waals surface area contributed by atoms with E-state index in [9.17, 15) is 55.6 Å². The maximum atomic E-state index is 12.9. The van der Waals surface area contributed by atoms with Crippen molar-refractivity contribution in [3.05, 3.63) is 260 Å². The van der Waals surface area contributed by atoms with E-state index in [-0.39, 0.29) is 78.6 Å². The summed E-state index contributed by atoms with van der Waals surface area (Å²) in [6.45, 7) is 15.1. The molecule has 6 saturated heterocycles. The number of ether oxygens (including phenoxy) is 3. The Morgan fingerprint density at radius 2 is 0.694 bits per heavy atom. The van der Waals surface area contributed by atoms with Crippen molar-refractivity contribution >= 4 is 162 Å². The second kappa shape index (κ2) is 56.8. The van der Waals surface area contributed by atoms with Crippen LogP contribution >= 0.6 is 0 Å². The molecule has 3 saturated carbocycles. The van der Waals surface area contributed by atoms with E-state index < -0.39 is 65.0 Å². The highest BCUT2D eigenvalue weighted by Crippen LogP contribution is 2.54. The van der Waals surface area contributed by atoms with E-state index in [0.29, 0.717) is 27.5 Å². The van der Waals surface area contributed by atoms with Crippen LogP contribution in [0.2, 0.25) is 0 Å². The minimum absolute atomic E-state index is 0. The molecule has 0 spiro atoms. The number of halogens is 1. The molecule has 0 radical (unpaired) electrons. The molecule has 6 aliphatic heterocycles. The Labute approximate surface area is 900 Å². The average molecular weight is 2260 g/mol. The number of carbonyl (C=O) groups excluding carboxylic acids is 3. The first-order valence-electron chi connectivity index (χ1n) is 49.2. The molecule has 0 bridgehead atoms. The maximum absolute atomic E-state index is 12.9. The van der Waals surface area contributed by atoms with Gasteiger partial charge in [0.15, 0.2) is 0 Å². The van der Waals surface area contributed by atoms with Crippen molar-refractivity contribution in [2.75, 3.05) is 129 Å². The predicted octanol–water partition coefficient (Wildman–Crippen LogP) is 14.5. The van der Waals surface area contributed by atoms with Crippen LogP contribution in [0.15, 0.2) is 267 Å². The summed E-state index contributed by atoms with van der Waals surface area (Å²) in [7, 11) is 10.3. The van der Waals surface area contributed by atoms with Crippen LogP contribution in [0.25, 0.3) is 0 Å². The van der Waals surface area contributed by atoms with Crippen LogP contribution in [-0.4, -0.2) is 212 Å². The molecule has 3 aromatic heterocycles. The van der Waals surface area contributed by atoms with Gasteiger partial charge in [0.1, 0.15) is 5.82 Å². The lowest BCUT2D eigenvalue weighted by Gasteiger charge is -2.48. The summed E-state index contributed by atoms with van der Waals surface area (Å²) in [5.41, 5.74) is 3.39. The molecule has 42 heteroatoms. The minimum Gasteiger partial charge on any atom is -0.453 e. The lowest BCUT2D eigenvalue weighted by Crippen LogP contribution is -2.55. The summed E-state index contributed by atoms with van der Waals surface area (Å²) in [5, 5.41) is 45.0. The molecule has 147 heavy (non-hydrogen) atoms. The average Bonchev–Trinajstić information content (AvgIpc) is 1.69. The highest BCUT2D eigenvalue weighted by atomic mass is 33.4.